The average molecular weight is 305 g/mol. The second-order valence-corrected chi connectivity index (χ2v) is 7.06. The second-order valence-electron chi connectivity index (χ2n) is 3.72. The van der Waals surface area contributed by atoms with Crippen LogP contribution in [0.25, 0.3) is 11.1 Å². The molecule has 0 amide bonds. The lowest BCUT2D eigenvalue weighted by atomic mass is 10.1. The van der Waals surface area contributed by atoms with Crippen LogP contribution >= 0.6 is 25.5 Å². The molecule has 0 saturated carbocycles. The van der Waals surface area contributed by atoms with E-state index in [1.165, 1.54) is 11.1 Å². The zero-order valence-electron chi connectivity index (χ0n) is 9.84. The van der Waals surface area contributed by atoms with Crippen molar-refractivity contribution in [1.29, 1.82) is 0 Å². The fourth-order valence-corrected chi connectivity index (χ4v) is 4.52. The smallest absolute Gasteiger partial charge is 0.311 e. The molecule has 0 fully saturated rings. The number of rotatable bonds is 3. The van der Waals surface area contributed by atoms with Crippen molar-refractivity contribution < 1.29 is 4.52 Å². The lowest BCUT2D eigenvalue weighted by Crippen LogP contribution is -1.95. The average Bonchev–Trinajstić information content (AvgIpc) is 2.50. The van der Waals surface area contributed by atoms with Crippen molar-refractivity contribution in [2.24, 2.45) is 9.03 Å². The molecule has 1 N–H and O–H groups in total. The summed E-state index contributed by atoms with van der Waals surface area (Å²) in [4.78, 5) is 3.09. The molecule has 0 saturated heterocycles. The number of hydrogen-bond acceptors (Lipinski definition) is 4. The van der Waals surface area contributed by atoms with Gasteiger partial charge in [0.1, 0.15) is 14.3 Å². The lowest BCUT2D eigenvalue weighted by Gasteiger charge is -2.12. The van der Waals surface area contributed by atoms with Gasteiger partial charge in [-0.3, -0.25) is 0 Å². The first-order chi connectivity index (χ1) is 9.42. The molecule has 1 aliphatic rings. The van der Waals surface area contributed by atoms with Crippen LogP contribution in [-0.2, 0) is 0 Å². The standard InChI is InChI=1S/C12H10N3OP3/c1-2-4-10(5-3-1)11-6-8-12(9-7-11)16-19-14-17-13-18-15-19/h1-9H,(H,13,14,15). The third-order valence-corrected chi connectivity index (χ3v) is 5.56. The van der Waals surface area contributed by atoms with Crippen LogP contribution in [0.4, 0.5) is 0 Å². The Morgan fingerprint density at radius 3 is 2.37 bits per heavy atom. The third-order valence-electron chi connectivity index (χ3n) is 2.49. The zero-order chi connectivity index (χ0) is 12.9. The summed E-state index contributed by atoms with van der Waals surface area (Å²) in [6, 6.07) is 18.3. The fraction of sp³-hybridized carbons (Fsp3) is 0. The Balaban J connectivity index is 1.72. The summed E-state index contributed by atoms with van der Waals surface area (Å²) >= 11 is 0. The molecule has 0 bridgehead atoms. The number of nitrogens with one attached hydrogen (secondary N) is 1. The molecule has 2 aromatic carbocycles. The molecular weight excluding hydrogens is 295 g/mol. The van der Waals surface area contributed by atoms with Crippen molar-refractivity contribution in [3.8, 4) is 16.9 Å². The van der Waals surface area contributed by atoms with Crippen molar-refractivity contribution in [3.63, 3.8) is 0 Å². The van der Waals surface area contributed by atoms with Gasteiger partial charge in [-0.2, -0.15) is 13.9 Å². The molecule has 0 radical (unpaired) electrons. The molecule has 1 heterocycles. The topological polar surface area (TPSA) is 46.0 Å². The molecule has 3 rings (SSSR count). The van der Waals surface area contributed by atoms with E-state index in [9.17, 15) is 0 Å². The number of hydrogen-bond donors (Lipinski definition) is 1. The van der Waals surface area contributed by atoms with Gasteiger partial charge in [0.15, 0.2) is 8.52 Å². The second kappa shape index (κ2) is 6.32. The summed E-state index contributed by atoms with van der Waals surface area (Å²) in [7, 11) is 0.628. The molecule has 0 spiro atoms. The Morgan fingerprint density at radius 2 is 1.68 bits per heavy atom. The maximum atomic E-state index is 5.76. The molecule has 19 heavy (non-hydrogen) atoms. The van der Waals surface area contributed by atoms with Crippen LogP contribution in [0.5, 0.6) is 5.75 Å². The minimum absolute atomic E-state index is 0.745. The molecule has 2 aromatic rings. The van der Waals surface area contributed by atoms with Crippen molar-refractivity contribution >= 4 is 25.5 Å². The van der Waals surface area contributed by atoms with Gasteiger partial charge in [-0.05, 0) is 23.3 Å². The van der Waals surface area contributed by atoms with Crippen LogP contribution in [0, 0.1) is 0 Å². The maximum absolute atomic E-state index is 5.76. The van der Waals surface area contributed by atoms with Gasteiger partial charge < -0.3 is 4.52 Å². The highest BCUT2D eigenvalue weighted by molar-refractivity contribution is 7.64. The van der Waals surface area contributed by atoms with Crippen LogP contribution in [-0.4, -0.2) is 0 Å². The van der Waals surface area contributed by atoms with Crippen LogP contribution in [0.2, 0.25) is 0 Å². The monoisotopic (exact) mass is 305 g/mol. The van der Waals surface area contributed by atoms with Gasteiger partial charge in [0, 0.05) is 0 Å². The number of benzene rings is 2. The van der Waals surface area contributed by atoms with Gasteiger partial charge in [0.25, 0.3) is 0 Å². The Bertz CT molecular complexity index is 601. The van der Waals surface area contributed by atoms with Crippen LogP contribution in [0.15, 0.2) is 63.6 Å². The highest BCUT2D eigenvalue weighted by Gasteiger charge is 2.10. The van der Waals surface area contributed by atoms with Gasteiger partial charge in [-0.1, -0.05) is 42.5 Å². The highest BCUT2D eigenvalue weighted by atomic mass is 31.2. The predicted octanol–water partition coefficient (Wildman–Crippen LogP) is 5.65. The first kappa shape index (κ1) is 12.8. The van der Waals surface area contributed by atoms with E-state index in [0.717, 1.165) is 22.8 Å². The van der Waals surface area contributed by atoms with E-state index in [2.05, 4.69) is 38.2 Å². The van der Waals surface area contributed by atoms with Crippen LogP contribution in [0.3, 0.4) is 0 Å². The van der Waals surface area contributed by atoms with Gasteiger partial charge in [-0.15, -0.1) is 0 Å². The summed E-state index contributed by atoms with van der Waals surface area (Å²) in [5, 5.41) is 0. The third kappa shape index (κ3) is 3.43. The Hall–Kier alpha value is -1.17. The molecule has 94 valence electrons. The largest absolute Gasteiger partial charge is 0.439 e. The minimum atomic E-state index is -0.955. The van der Waals surface area contributed by atoms with Crippen LogP contribution < -0.4 is 9.38 Å². The van der Waals surface area contributed by atoms with Crippen molar-refractivity contribution in [2.45, 2.75) is 0 Å². The maximum Gasteiger partial charge on any atom is 0.311 e. The highest BCUT2D eigenvalue weighted by Crippen LogP contribution is 2.44. The Kier molecular flexibility index (Phi) is 4.27. The molecular formula is C12H10N3OP3. The van der Waals surface area contributed by atoms with Crippen molar-refractivity contribution in [3.05, 3.63) is 54.6 Å². The number of nitrogens with zero attached hydrogens (tertiary/aromatic N) is 2. The van der Waals surface area contributed by atoms with E-state index in [4.69, 9.17) is 4.52 Å². The van der Waals surface area contributed by atoms with E-state index < -0.39 is 8.45 Å². The van der Waals surface area contributed by atoms with Gasteiger partial charge in [-0.25, -0.2) is 0 Å². The summed E-state index contributed by atoms with van der Waals surface area (Å²) in [6.45, 7) is 0. The van der Waals surface area contributed by atoms with Crippen molar-refractivity contribution in [1.82, 2.24) is 4.86 Å². The molecule has 1 atom stereocenters. The van der Waals surface area contributed by atoms with E-state index >= 15 is 0 Å². The molecule has 1 aliphatic heterocycles. The van der Waals surface area contributed by atoms with Crippen LogP contribution in [0.1, 0.15) is 0 Å². The molecule has 4 nitrogen and oxygen atoms in total. The minimum Gasteiger partial charge on any atom is -0.439 e. The van der Waals surface area contributed by atoms with Gasteiger partial charge in [0.2, 0.25) is 0 Å². The summed E-state index contributed by atoms with van der Waals surface area (Å²) in [6.07, 6.45) is 0. The first-order valence-electron chi connectivity index (χ1n) is 5.62. The van der Waals surface area contributed by atoms with Gasteiger partial charge >= 0.3 is 8.45 Å². The Morgan fingerprint density at radius 1 is 0.947 bits per heavy atom. The van der Waals surface area contributed by atoms with E-state index in [0.29, 0.717) is 0 Å². The first-order valence-corrected chi connectivity index (χ1v) is 8.48. The van der Waals surface area contributed by atoms with E-state index in [1.807, 2.05) is 30.3 Å². The summed E-state index contributed by atoms with van der Waals surface area (Å²) in [5.41, 5.74) is 2.39. The Labute approximate surface area is 116 Å². The molecule has 0 aliphatic carbocycles. The molecule has 7 heteroatoms. The normalized spacial score (nSPS) is 19.1. The van der Waals surface area contributed by atoms with E-state index in [-0.39, 0.29) is 0 Å². The summed E-state index contributed by atoms with van der Waals surface area (Å²) in [5.74, 6) is 0.828. The predicted molar refractivity (Wildman–Crippen MR) is 81.3 cm³/mol. The van der Waals surface area contributed by atoms with E-state index in [1.54, 1.807) is 0 Å². The summed E-state index contributed by atoms with van der Waals surface area (Å²) < 4.78 is 14.0. The lowest BCUT2D eigenvalue weighted by molar-refractivity contribution is 0.612. The fourth-order valence-electron chi connectivity index (χ4n) is 1.63. The zero-order valence-corrected chi connectivity index (χ0v) is 12.5. The molecule has 1 unspecified atom stereocenters. The molecule has 0 aromatic heterocycles. The van der Waals surface area contributed by atoms with Crippen molar-refractivity contribution in [2.75, 3.05) is 0 Å². The SMILES string of the molecule is c1ccc(-c2ccc(OP3N=PN=PN3)cc2)cc1. The quantitative estimate of drug-likeness (QED) is 0.744. The van der Waals surface area contributed by atoms with Gasteiger partial charge in [0.05, 0.1) is 0 Å².